The lowest BCUT2D eigenvalue weighted by molar-refractivity contribution is 0.0602. The second kappa shape index (κ2) is 8.64. The van der Waals surface area contributed by atoms with Crippen LogP contribution in [0.25, 0.3) is 0 Å². The number of aryl methyl sites for hydroxylation is 2. The molecule has 6 nitrogen and oxygen atoms in total. The number of methoxy groups -OCH3 is 1. The summed E-state index contributed by atoms with van der Waals surface area (Å²) in [6.07, 6.45) is 7.26. The van der Waals surface area contributed by atoms with Crippen molar-refractivity contribution in [1.29, 1.82) is 0 Å². The molecule has 0 aliphatic carbocycles. The largest absolute Gasteiger partial charge is 0.465 e. The summed E-state index contributed by atoms with van der Waals surface area (Å²) in [5.74, 6) is -0.355. The summed E-state index contributed by atoms with van der Waals surface area (Å²) in [7, 11) is 1.38. The minimum absolute atomic E-state index is 0.355. The van der Waals surface area contributed by atoms with Crippen LogP contribution in [0.2, 0.25) is 0 Å². The van der Waals surface area contributed by atoms with Gasteiger partial charge in [0.25, 0.3) is 0 Å². The molecule has 124 valence electrons. The van der Waals surface area contributed by atoms with Crippen LogP contribution in [0.1, 0.15) is 28.6 Å². The molecule has 2 heterocycles. The van der Waals surface area contributed by atoms with E-state index in [4.69, 9.17) is 17.0 Å². The topological polar surface area (TPSA) is 68.2 Å². The lowest BCUT2D eigenvalue weighted by Crippen LogP contribution is -2.30. The van der Waals surface area contributed by atoms with Gasteiger partial charge in [-0.3, -0.25) is 0 Å². The molecule has 0 atom stereocenters. The van der Waals surface area contributed by atoms with Crippen LogP contribution in [0.4, 0.5) is 5.00 Å². The third kappa shape index (κ3) is 5.04. The van der Waals surface area contributed by atoms with Crippen molar-refractivity contribution >= 4 is 39.6 Å². The van der Waals surface area contributed by atoms with Crippen molar-refractivity contribution in [3.05, 3.63) is 35.2 Å². The first-order valence-corrected chi connectivity index (χ1v) is 8.58. The van der Waals surface area contributed by atoms with Crippen molar-refractivity contribution in [2.24, 2.45) is 0 Å². The zero-order valence-corrected chi connectivity index (χ0v) is 14.8. The number of nitrogens with one attached hydrogen (secondary N) is 2. The van der Waals surface area contributed by atoms with Crippen LogP contribution in [0, 0.1) is 0 Å². The highest BCUT2D eigenvalue weighted by Gasteiger charge is 2.16. The summed E-state index contributed by atoms with van der Waals surface area (Å²) < 4.78 is 6.83. The number of hydrogen-bond acceptors (Lipinski definition) is 5. The van der Waals surface area contributed by atoms with Gasteiger partial charge in [0, 0.05) is 30.4 Å². The van der Waals surface area contributed by atoms with Gasteiger partial charge in [0.1, 0.15) is 5.00 Å². The molecule has 0 amide bonds. The predicted octanol–water partition coefficient (Wildman–Crippen LogP) is 2.67. The second-order valence-electron chi connectivity index (χ2n) is 4.84. The summed E-state index contributed by atoms with van der Waals surface area (Å²) in [4.78, 5) is 16.9. The third-order valence-electron chi connectivity index (χ3n) is 3.20. The number of rotatable bonds is 7. The lowest BCUT2D eigenvalue weighted by atomic mass is 10.2. The standard InChI is InChI=1S/C15H20N4O2S2/c1-3-11-9-12(14(20)21-2)13(23-11)18-15(22)17-5-4-7-19-8-6-16-10-19/h6,8-10H,3-5,7H2,1-2H3,(H2,17,18,22). The molecule has 0 bridgehead atoms. The Hall–Kier alpha value is -1.93. The molecular formula is C15H20N4O2S2. The van der Waals surface area contributed by atoms with E-state index in [0.717, 1.165) is 35.8 Å². The maximum absolute atomic E-state index is 11.8. The number of nitrogens with zero attached hydrogens (tertiary/aromatic N) is 2. The fourth-order valence-corrected chi connectivity index (χ4v) is 3.26. The smallest absolute Gasteiger partial charge is 0.340 e. The van der Waals surface area contributed by atoms with Crippen LogP contribution < -0.4 is 10.6 Å². The fourth-order valence-electron chi connectivity index (χ4n) is 2.00. The van der Waals surface area contributed by atoms with E-state index < -0.39 is 0 Å². The van der Waals surface area contributed by atoms with Crippen molar-refractivity contribution in [2.45, 2.75) is 26.3 Å². The van der Waals surface area contributed by atoms with Crippen molar-refractivity contribution in [2.75, 3.05) is 19.0 Å². The average Bonchev–Trinajstić information content (AvgIpc) is 3.20. The molecule has 2 N–H and O–H groups in total. The van der Waals surface area contributed by atoms with Gasteiger partial charge in [0.05, 0.1) is 19.0 Å². The van der Waals surface area contributed by atoms with E-state index >= 15 is 0 Å². The van der Waals surface area contributed by atoms with Gasteiger partial charge in [-0.05, 0) is 31.1 Å². The molecule has 0 saturated heterocycles. The van der Waals surface area contributed by atoms with E-state index in [9.17, 15) is 4.79 Å². The quantitative estimate of drug-likeness (QED) is 0.454. The number of thiophene rings is 1. The number of imidazole rings is 1. The van der Waals surface area contributed by atoms with Crippen LogP contribution in [-0.4, -0.2) is 34.3 Å². The Morgan fingerprint density at radius 2 is 2.35 bits per heavy atom. The van der Waals surface area contributed by atoms with Crippen LogP contribution in [0.15, 0.2) is 24.8 Å². The number of carbonyl (C=O) groups is 1. The van der Waals surface area contributed by atoms with E-state index in [2.05, 4.69) is 15.6 Å². The molecular weight excluding hydrogens is 332 g/mol. The average molecular weight is 352 g/mol. The first-order valence-electron chi connectivity index (χ1n) is 7.35. The molecule has 0 spiro atoms. The number of thiocarbonyl (C=S) groups is 1. The van der Waals surface area contributed by atoms with E-state index in [1.165, 1.54) is 18.4 Å². The SMILES string of the molecule is CCc1cc(C(=O)OC)c(NC(=S)NCCCn2ccnc2)s1. The number of hydrogen-bond donors (Lipinski definition) is 2. The van der Waals surface area contributed by atoms with Gasteiger partial charge in [-0.2, -0.15) is 0 Å². The Morgan fingerprint density at radius 1 is 1.52 bits per heavy atom. The highest BCUT2D eigenvalue weighted by atomic mass is 32.1. The van der Waals surface area contributed by atoms with Crippen molar-refractivity contribution in [3.8, 4) is 0 Å². The Labute approximate surface area is 144 Å². The summed E-state index contributed by atoms with van der Waals surface area (Å²) in [5, 5.41) is 7.47. The summed E-state index contributed by atoms with van der Waals surface area (Å²) in [5.41, 5.74) is 0.525. The van der Waals surface area contributed by atoms with Gasteiger partial charge in [-0.1, -0.05) is 6.92 Å². The van der Waals surface area contributed by atoms with Gasteiger partial charge in [-0.25, -0.2) is 9.78 Å². The normalized spacial score (nSPS) is 10.3. The molecule has 0 saturated carbocycles. The Balaban J connectivity index is 1.84. The molecule has 0 aliphatic heterocycles. The minimum atomic E-state index is -0.355. The molecule has 0 fully saturated rings. The fraction of sp³-hybridized carbons (Fsp3) is 0.400. The second-order valence-corrected chi connectivity index (χ2v) is 6.38. The Morgan fingerprint density at radius 3 is 3.00 bits per heavy atom. The van der Waals surface area contributed by atoms with E-state index in [-0.39, 0.29) is 5.97 Å². The van der Waals surface area contributed by atoms with Crippen molar-refractivity contribution < 1.29 is 9.53 Å². The molecule has 0 aliphatic rings. The van der Waals surface area contributed by atoms with E-state index in [1.807, 2.05) is 23.8 Å². The third-order valence-corrected chi connectivity index (χ3v) is 4.64. The number of carbonyl (C=O) groups excluding carboxylic acids is 1. The zero-order chi connectivity index (χ0) is 16.7. The van der Waals surface area contributed by atoms with Crippen molar-refractivity contribution in [1.82, 2.24) is 14.9 Å². The summed E-state index contributed by atoms with van der Waals surface area (Å²) in [6, 6.07) is 1.85. The monoisotopic (exact) mass is 352 g/mol. The van der Waals surface area contributed by atoms with Crippen molar-refractivity contribution in [3.63, 3.8) is 0 Å². The highest BCUT2D eigenvalue weighted by Crippen LogP contribution is 2.29. The van der Waals surface area contributed by atoms with E-state index in [0.29, 0.717) is 10.7 Å². The van der Waals surface area contributed by atoms with Gasteiger partial charge >= 0.3 is 5.97 Å². The molecule has 2 aromatic heterocycles. The van der Waals surface area contributed by atoms with Gasteiger partial charge in [0.15, 0.2) is 5.11 Å². The summed E-state index contributed by atoms with van der Waals surface area (Å²) in [6.45, 7) is 3.66. The molecule has 2 rings (SSSR count). The molecule has 0 radical (unpaired) electrons. The Bertz CT molecular complexity index is 652. The zero-order valence-electron chi connectivity index (χ0n) is 13.2. The summed E-state index contributed by atoms with van der Waals surface area (Å²) >= 11 is 6.81. The number of aromatic nitrogens is 2. The van der Waals surface area contributed by atoms with Crippen LogP contribution in [0.3, 0.4) is 0 Å². The number of ether oxygens (including phenoxy) is 1. The maximum atomic E-state index is 11.8. The van der Waals surface area contributed by atoms with Crippen LogP contribution >= 0.6 is 23.6 Å². The minimum Gasteiger partial charge on any atom is -0.465 e. The van der Waals surface area contributed by atoms with Gasteiger partial charge in [0.2, 0.25) is 0 Å². The molecule has 0 unspecified atom stereocenters. The molecule has 0 aromatic carbocycles. The van der Waals surface area contributed by atoms with Gasteiger partial charge in [-0.15, -0.1) is 11.3 Å². The predicted molar refractivity (Wildman–Crippen MR) is 96.1 cm³/mol. The number of anilines is 1. The first kappa shape index (κ1) is 17.4. The van der Waals surface area contributed by atoms with Crippen LogP contribution in [0.5, 0.6) is 0 Å². The van der Waals surface area contributed by atoms with E-state index in [1.54, 1.807) is 12.5 Å². The number of esters is 1. The maximum Gasteiger partial charge on any atom is 0.340 e. The molecule has 8 heteroatoms. The Kier molecular flexibility index (Phi) is 6.54. The molecule has 2 aromatic rings. The molecule has 23 heavy (non-hydrogen) atoms. The van der Waals surface area contributed by atoms with Crippen LogP contribution in [-0.2, 0) is 17.7 Å². The lowest BCUT2D eigenvalue weighted by Gasteiger charge is -2.10. The van der Waals surface area contributed by atoms with Gasteiger partial charge < -0.3 is 19.9 Å². The first-order chi connectivity index (χ1) is 11.1. The highest BCUT2D eigenvalue weighted by molar-refractivity contribution is 7.80.